The van der Waals surface area contributed by atoms with Crippen molar-refractivity contribution in [3.8, 4) is 0 Å². The highest BCUT2D eigenvalue weighted by atomic mass is 79.9. The lowest BCUT2D eigenvalue weighted by molar-refractivity contribution is -0.116. The summed E-state index contributed by atoms with van der Waals surface area (Å²) < 4.78 is 0.932. The van der Waals surface area contributed by atoms with Gasteiger partial charge in [-0.1, -0.05) is 19.1 Å². The normalized spacial score (nSPS) is 10.5. The Balaban J connectivity index is 2.37. The van der Waals surface area contributed by atoms with Crippen LogP contribution in [0.2, 0.25) is 0 Å². The highest BCUT2D eigenvalue weighted by molar-refractivity contribution is 9.10. The van der Waals surface area contributed by atoms with Crippen molar-refractivity contribution in [1.29, 1.82) is 0 Å². The fourth-order valence-corrected chi connectivity index (χ4v) is 2.02. The Morgan fingerprint density at radius 3 is 3.06 bits per heavy atom. The zero-order chi connectivity index (χ0) is 12.3. The number of nitrogens with zero attached hydrogens (tertiary/aromatic N) is 1. The topological polar surface area (TPSA) is 42.0 Å². The van der Waals surface area contributed by atoms with Crippen molar-refractivity contribution in [2.24, 2.45) is 0 Å². The van der Waals surface area contributed by atoms with Gasteiger partial charge in [-0.25, -0.2) is 0 Å². The van der Waals surface area contributed by atoms with Crippen LogP contribution in [-0.4, -0.2) is 10.9 Å². The van der Waals surface area contributed by atoms with Crippen molar-refractivity contribution in [2.45, 2.75) is 19.8 Å². The van der Waals surface area contributed by atoms with Crippen molar-refractivity contribution in [3.05, 3.63) is 34.9 Å². The molecule has 0 atom stereocenters. The Morgan fingerprint density at radius 1 is 1.47 bits per heavy atom. The molecule has 0 radical (unpaired) electrons. The van der Waals surface area contributed by atoms with Gasteiger partial charge in [0.2, 0.25) is 5.91 Å². The molecule has 2 rings (SSSR count). The Bertz CT molecular complexity index is 554. The minimum atomic E-state index is 0.0321. The van der Waals surface area contributed by atoms with Gasteiger partial charge in [-0.2, -0.15) is 0 Å². The van der Waals surface area contributed by atoms with Crippen LogP contribution in [-0.2, 0) is 4.79 Å². The molecule has 0 saturated heterocycles. The number of halogens is 1. The fourth-order valence-electron chi connectivity index (χ4n) is 1.67. The van der Waals surface area contributed by atoms with Crippen LogP contribution < -0.4 is 5.32 Å². The Hall–Kier alpha value is -1.42. The summed E-state index contributed by atoms with van der Waals surface area (Å²) in [6.45, 7) is 1.98. The van der Waals surface area contributed by atoms with Crippen molar-refractivity contribution < 1.29 is 4.79 Å². The van der Waals surface area contributed by atoms with E-state index in [0.29, 0.717) is 6.42 Å². The largest absolute Gasteiger partial charge is 0.324 e. The quantitative estimate of drug-likeness (QED) is 0.936. The summed E-state index contributed by atoms with van der Waals surface area (Å²) in [5.41, 5.74) is 1.59. The van der Waals surface area contributed by atoms with E-state index in [1.807, 2.05) is 31.2 Å². The van der Waals surface area contributed by atoms with Crippen LogP contribution in [0.1, 0.15) is 19.8 Å². The van der Waals surface area contributed by atoms with Crippen LogP contribution in [0.5, 0.6) is 0 Å². The number of carbonyl (C=O) groups is 1. The zero-order valence-corrected chi connectivity index (χ0v) is 11.1. The average Bonchev–Trinajstić information content (AvgIpc) is 2.29. The Labute approximate surface area is 108 Å². The smallest absolute Gasteiger partial charge is 0.224 e. The van der Waals surface area contributed by atoms with Crippen LogP contribution >= 0.6 is 15.9 Å². The van der Waals surface area contributed by atoms with E-state index >= 15 is 0 Å². The first-order valence-electron chi connectivity index (χ1n) is 5.55. The van der Waals surface area contributed by atoms with Gasteiger partial charge in [-0.3, -0.25) is 9.78 Å². The summed E-state index contributed by atoms with van der Waals surface area (Å²) in [5, 5.41) is 3.90. The van der Waals surface area contributed by atoms with Gasteiger partial charge in [-0.05, 0) is 34.5 Å². The van der Waals surface area contributed by atoms with Crippen LogP contribution in [0.3, 0.4) is 0 Å². The molecule has 3 nitrogen and oxygen atoms in total. The molecule has 0 aliphatic carbocycles. The highest BCUT2D eigenvalue weighted by Gasteiger charge is 2.06. The summed E-state index contributed by atoms with van der Waals surface area (Å²) in [4.78, 5) is 15.9. The first-order valence-corrected chi connectivity index (χ1v) is 6.34. The van der Waals surface area contributed by atoms with E-state index in [0.717, 1.165) is 27.5 Å². The number of hydrogen-bond acceptors (Lipinski definition) is 2. The molecule has 2 aromatic rings. The summed E-state index contributed by atoms with van der Waals surface area (Å²) in [7, 11) is 0. The molecule has 0 bridgehead atoms. The number of fused-ring (bicyclic) bond motifs is 1. The van der Waals surface area contributed by atoms with Gasteiger partial charge in [0, 0.05) is 22.5 Å². The molecule has 1 N–H and O–H groups in total. The number of aromatic nitrogens is 1. The van der Waals surface area contributed by atoms with E-state index < -0.39 is 0 Å². The number of benzene rings is 1. The molecule has 1 aromatic heterocycles. The molecule has 0 aliphatic rings. The van der Waals surface area contributed by atoms with Gasteiger partial charge in [0.1, 0.15) is 0 Å². The molecule has 88 valence electrons. The summed E-state index contributed by atoms with van der Waals surface area (Å²) >= 11 is 3.38. The fraction of sp³-hybridized carbons (Fsp3) is 0.231. The molecule has 0 spiro atoms. The molecule has 1 heterocycles. The summed E-state index contributed by atoms with van der Waals surface area (Å²) in [6, 6.07) is 7.75. The third-order valence-electron chi connectivity index (χ3n) is 2.43. The van der Waals surface area contributed by atoms with Gasteiger partial charge in [0.25, 0.3) is 0 Å². The lowest BCUT2D eigenvalue weighted by atomic mass is 10.2. The number of hydrogen-bond donors (Lipinski definition) is 1. The van der Waals surface area contributed by atoms with Crippen LogP contribution in [0.4, 0.5) is 5.69 Å². The molecule has 0 saturated carbocycles. The van der Waals surface area contributed by atoms with E-state index in [1.165, 1.54) is 0 Å². The number of amides is 1. The standard InChI is InChI=1S/C13H13BrN2O/c1-2-4-12(17)16-11-6-3-5-9-7-10(14)8-15-13(9)11/h3,5-8H,2,4H2,1H3,(H,16,17). The van der Waals surface area contributed by atoms with E-state index in [1.54, 1.807) is 6.20 Å². The third-order valence-corrected chi connectivity index (χ3v) is 2.86. The second-order valence-electron chi connectivity index (χ2n) is 3.83. The molecular formula is C13H13BrN2O. The predicted octanol–water partition coefficient (Wildman–Crippen LogP) is 3.74. The minimum absolute atomic E-state index is 0.0321. The van der Waals surface area contributed by atoms with Gasteiger partial charge >= 0.3 is 0 Å². The molecule has 1 amide bonds. The van der Waals surface area contributed by atoms with E-state index in [9.17, 15) is 4.79 Å². The minimum Gasteiger partial charge on any atom is -0.324 e. The highest BCUT2D eigenvalue weighted by Crippen LogP contribution is 2.23. The van der Waals surface area contributed by atoms with Gasteiger partial charge < -0.3 is 5.32 Å². The second-order valence-corrected chi connectivity index (χ2v) is 4.74. The number of rotatable bonds is 3. The summed E-state index contributed by atoms with van der Waals surface area (Å²) in [6.07, 6.45) is 3.11. The molecule has 0 aliphatic heterocycles. The maximum atomic E-state index is 11.6. The van der Waals surface area contributed by atoms with Crippen molar-refractivity contribution in [3.63, 3.8) is 0 Å². The summed E-state index contributed by atoms with van der Waals surface area (Å²) in [5.74, 6) is 0.0321. The maximum absolute atomic E-state index is 11.6. The van der Waals surface area contributed by atoms with Gasteiger partial charge in [0.15, 0.2) is 0 Å². The molecule has 1 aromatic carbocycles. The van der Waals surface area contributed by atoms with Crippen LogP contribution in [0, 0.1) is 0 Å². The predicted molar refractivity (Wildman–Crippen MR) is 73.0 cm³/mol. The maximum Gasteiger partial charge on any atom is 0.224 e. The Kier molecular flexibility index (Phi) is 3.74. The number of carbonyl (C=O) groups excluding carboxylic acids is 1. The van der Waals surface area contributed by atoms with Gasteiger partial charge in [-0.15, -0.1) is 0 Å². The molecule has 0 unspecified atom stereocenters. The SMILES string of the molecule is CCCC(=O)Nc1cccc2cc(Br)cnc12. The number of anilines is 1. The molecule has 0 fully saturated rings. The Morgan fingerprint density at radius 2 is 2.29 bits per heavy atom. The average molecular weight is 293 g/mol. The first-order chi connectivity index (χ1) is 8.20. The molecule has 17 heavy (non-hydrogen) atoms. The lowest BCUT2D eigenvalue weighted by Crippen LogP contribution is -2.11. The number of para-hydroxylation sites is 1. The lowest BCUT2D eigenvalue weighted by Gasteiger charge is -2.07. The van der Waals surface area contributed by atoms with Crippen LogP contribution in [0.25, 0.3) is 10.9 Å². The third kappa shape index (κ3) is 2.82. The first kappa shape index (κ1) is 12.0. The monoisotopic (exact) mass is 292 g/mol. The van der Waals surface area contributed by atoms with E-state index in [-0.39, 0.29) is 5.91 Å². The number of nitrogens with one attached hydrogen (secondary N) is 1. The van der Waals surface area contributed by atoms with Crippen molar-refractivity contribution >= 4 is 38.4 Å². The molecule has 4 heteroatoms. The van der Waals surface area contributed by atoms with Crippen LogP contribution in [0.15, 0.2) is 34.9 Å². The van der Waals surface area contributed by atoms with Gasteiger partial charge in [0.05, 0.1) is 11.2 Å². The molecular weight excluding hydrogens is 280 g/mol. The van der Waals surface area contributed by atoms with E-state index in [4.69, 9.17) is 0 Å². The van der Waals surface area contributed by atoms with E-state index in [2.05, 4.69) is 26.2 Å². The van der Waals surface area contributed by atoms with Crippen molar-refractivity contribution in [1.82, 2.24) is 4.98 Å². The number of pyridine rings is 1. The van der Waals surface area contributed by atoms with Crippen molar-refractivity contribution in [2.75, 3.05) is 5.32 Å². The zero-order valence-electron chi connectivity index (χ0n) is 9.53. The second kappa shape index (κ2) is 5.27.